The zero-order valence-electron chi connectivity index (χ0n) is 24.2. The number of nitrogens with one attached hydrogen (secondary N) is 2. The molecule has 3 rings (SSSR count). The fourth-order valence-corrected chi connectivity index (χ4v) is 4.38. The lowest BCUT2D eigenvalue weighted by atomic mass is 9.95. The smallest absolute Gasteiger partial charge is 0.220 e. The third-order valence-electron chi connectivity index (χ3n) is 6.60. The Hall–Kier alpha value is -2.85. The van der Waals surface area contributed by atoms with Gasteiger partial charge in [-0.05, 0) is 78.1 Å². The molecule has 0 fully saturated rings. The Morgan fingerprint density at radius 2 is 1.45 bits per heavy atom. The zero-order valence-corrected chi connectivity index (χ0v) is 25.0. The lowest BCUT2D eigenvalue weighted by Crippen LogP contribution is -2.31. The Bertz CT molecular complexity index is 1090. The van der Waals surface area contributed by atoms with Gasteiger partial charge in [0.2, 0.25) is 5.91 Å². The number of hydrogen-bond acceptors (Lipinski definition) is 3. The molecule has 0 saturated heterocycles. The van der Waals surface area contributed by atoms with Crippen molar-refractivity contribution in [1.82, 2.24) is 10.3 Å². The summed E-state index contributed by atoms with van der Waals surface area (Å²) >= 11 is 5.88. The molecule has 2 aromatic carbocycles. The van der Waals surface area contributed by atoms with Gasteiger partial charge in [-0.2, -0.15) is 0 Å². The van der Waals surface area contributed by atoms with E-state index in [0.717, 1.165) is 35.7 Å². The summed E-state index contributed by atoms with van der Waals surface area (Å²) in [6, 6.07) is 21.0. The number of benzene rings is 2. The van der Waals surface area contributed by atoms with Crippen LogP contribution in [0.1, 0.15) is 95.1 Å². The normalized spacial score (nSPS) is 12.5. The number of pyridine rings is 1. The molecule has 2 unspecified atom stereocenters. The van der Waals surface area contributed by atoms with E-state index >= 15 is 0 Å². The van der Waals surface area contributed by atoms with Crippen molar-refractivity contribution in [3.05, 3.63) is 94.1 Å². The Morgan fingerprint density at radius 3 is 1.97 bits per heavy atom. The lowest BCUT2D eigenvalue weighted by Gasteiger charge is -2.24. The molecular weight excluding hydrogens is 490 g/mol. The van der Waals surface area contributed by atoms with E-state index in [1.54, 1.807) is 0 Å². The first-order valence-corrected chi connectivity index (χ1v) is 14.3. The molecule has 206 valence electrons. The van der Waals surface area contributed by atoms with Gasteiger partial charge in [0.1, 0.15) is 5.82 Å². The van der Waals surface area contributed by atoms with E-state index in [2.05, 4.69) is 94.4 Å². The van der Waals surface area contributed by atoms with Crippen molar-refractivity contribution in [2.45, 2.75) is 86.2 Å². The van der Waals surface area contributed by atoms with Gasteiger partial charge in [0, 0.05) is 17.6 Å². The average molecular weight is 536 g/mol. The fourth-order valence-electron chi connectivity index (χ4n) is 4.26. The first-order chi connectivity index (χ1) is 18.1. The molecule has 0 aliphatic carbocycles. The molecule has 2 N–H and O–H groups in total. The third-order valence-corrected chi connectivity index (χ3v) is 6.85. The molecule has 1 heterocycles. The highest BCUT2D eigenvalue weighted by atomic mass is 35.5. The van der Waals surface area contributed by atoms with E-state index in [-0.39, 0.29) is 18.0 Å². The summed E-state index contributed by atoms with van der Waals surface area (Å²) in [5.74, 6) is 1.94. The quantitative estimate of drug-likeness (QED) is 0.257. The van der Waals surface area contributed by atoms with Crippen molar-refractivity contribution in [1.29, 1.82) is 0 Å². The number of carbonyl (C=O) groups is 1. The SMILES string of the molecule is CCCCC(=O)NC(c1ccc(Cl)cc1)C(C)C.CCc1ccc(C(Nc2cc(C)ccn2)C(C)C)cc1. The molecule has 5 heteroatoms. The molecule has 1 amide bonds. The van der Waals surface area contributed by atoms with Crippen molar-refractivity contribution < 1.29 is 4.79 Å². The molecule has 2 atom stereocenters. The first kappa shape index (κ1) is 31.4. The summed E-state index contributed by atoms with van der Waals surface area (Å²) in [5, 5.41) is 7.39. The van der Waals surface area contributed by atoms with Crippen LogP contribution in [0.4, 0.5) is 5.82 Å². The standard InChI is InChI=1S/C18H24N2.C15H22ClNO/c1-5-15-6-8-16(9-7-15)18(13(2)3)20-17-12-14(4)10-11-19-17;1-4-5-6-14(18)17-15(11(2)3)12-7-9-13(16)10-8-12/h6-13,18H,5H2,1-4H3,(H,19,20);7-11,15H,4-6H2,1-3H3,(H,17,18). The van der Waals surface area contributed by atoms with Crippen molar-refractivity contribution in [3.8, 4) is 0 Å². The number of carbonyl (C=O) groups excluding carboxylic acids is 1. The van der Waals surface area contributed by atoms with E-state index in [0.29, 0.717) is 18.3 Å². The zero-order chi connectivity index (χ0) is 28.1. The number of aromatic nitrogens is 1. The lowest BCUT2D eigenvalue weighted by molar-refractivity contribution is -0.122. The van der Waals surface area contributed by atoms with Gasteiger partial charge >= 0.3 is 0 Å². The van der Waals surface area contributed by atoms with Crippen LogP contribution in [-0.4, -0.2) is 10.9 Å². The molecular formula is C33H46ClN3O. The number of nitrogens with zero attached hydrogens (tertiary/aromatic N) is 1. The molecule has 38 heavy (non-hydrogen) atoms. The van der Waals surface area contributed by atoms with E-state index < -0.39 is 0 Å². The van der Waals surface area contributed by atoms with Crippen LogP contribution in [0.3, 0.4) is 0 Å². The molecule has 4 nitrogen and oxygen atoms in total. The monoisotopic (exact) mass is 535 g/mol. The Balaban J connectivity index is 0.000000269. The minimum Gasteiger partial charge on any atom is -0.363 e. The maximum Gasteiger partial charge on any atom is 0.220 e. The molecule has 0 aliphatic heterocycles. The summed E-state index contributed by atoms with van der Waals surface area (Å²) < 4.78 is 0. The maximum absolute atomic E-state index is 11.8. The predicted molar refractivity (Wildman–Crippen MR) is 163 cm³/mol. The second-order valence-electron chi connectivity index (χ2n) is 10.6. The van der Waals surface area contributed by atoms with E-state index in [1.807, 2.05) is 36.5 Å². The fraction of sp³-hybridized carbons (Fsp3) is 0.455. The van der Waals surface area contributed by atoms with Crippen LogP contribution in [0.15, 0.2) is 66.9 Å². The van der Waals surface area contributed by atoms with Crippen LogP contribution in [0.25, 0.3) is 0 Å². The van der Waals surface area contributed by atoms with Crippen LogP contribution < -0.4 is 10.6 Å². The van der Waals surface area contributed by atoms with Gasteiger partial charge in [0.25, 0.3) is 0 Å². The Kier molecular flexibility index (Phi) is 13.4. The summed E-state index contributed by atoms with van der Waals surface area (Å²) in [5.41, 5.74) is 5.04. The highest BCUT2D eigenvalue weighted by Gasteiger charge is 2.18. The van der Waals surface area contributed by atoms with Crippen LogP contribution in [0.2, 0.25) is 5.02 Å². The minimum absolute atomic E-state index is 0.0617. The van der Waals surface area contributed by atoms with Crippen molar-refractivity contribution in [2.75, 3.05) is 5.32 Å². The average Bonchev–Trinajstić information content (AvgIpc) is 2.90. The van der Waals surface area contributed by atoms with Crippen LogP contribution >= 0.6 is 11.6 Å². The summed E-state index contributed by atoms with van der Waals surface area (Å²) in [6.07, 6.45) is 5.53. The van der Waals surface area contributed by atoms with Gasteiger partial charge in [-0.3, -0.25) is 4.79 Å². The summed E-state index contributed by atoms with van der Waals surface area (Å²) in [6.45, 7) is 15.1. The highest BCUT2D eigenvalue weighted by molar-refractivity contribution is 6.30. The number of rotatable bonds is 11. The maximum atomic E-state index is 11.8. The van der Waals surface area contributed by atoms with Gasteiger partial charge in [-0.1, -0.05) is 96.0 Å². The molecule has 0 spiro atoms. The Morgan fingerprint density at radius 1 is 0.868 bits per heavy atom. The number of aryl methyl sites for hydroxylation is 2. The molecule has 1 aromatic heterocycles. The van der Waals surface area contributed by atoms with Gasteiger partial charge in [-0.25, -0.2) is 4.98 Å². The van der Waals surface area contributed by atoms with Gasteiger partial charge < -0.3 is 10.6 Å². The predicted octanol–water partition coefficient (Wildman–Crippen LogP) is 9.11. The molecule has 3 aromatic rings. The van der Waals surface area contributed by atoms with Crippen molar-refractivity contribution in [3.63, 3.8) is 0 Å². The van der Waals surface area contributed by atoms with Gasteiger partial charge in [0.15, 0.2) is 0 Å². The molecule has 0 saturated carbocycles. The van der Waals surface area contributed by atoms with Gasteiger partial charge in [-0.15, -0.1) is 0 Å². The second-order valence-corrected chi connectivity index (χ2v) is 11.1. The van der Waals surface area contributed by atoms with E-state index in [4.69, 9.17) is 11.6 Å². The Labute approximate surface area is 235 Å². The van der Waals surface area contributed by atoms with E-state index in [9.17, 15) is 4.79 Å². The molecule has 0 aliphatic rings. The number of hydrogen-bond donors (Lipinski definition) is 2. The van der Waals surface area contributed by atoms with Crippen LogP contribution in [0.5, 0.6) is 0 Å². The summed E-state index contributed by atoms with van der Waals surface area (Å²) in [7, 11) is 0. The number of unbranched alkanes of at least 4 members (excludes halogenated alkanes) is 1. The van der Waals surface area contributed by atoms with Crippen LogP contribution in [-0.2, 0) is 11.2 Å². The van der Waals surface area contributed by atoms with Crippen molar-refractivity contribution in [2.24, 2.45) is 11.8 Å². The second kappa shape index (κ2) is 16.2. The minimum atomic E-state index is 0.0617. The molecule has 0 radical (unpaired) electrons. The highest BCUT2D eigenvalue weighted by Crippen LogP contribution is 2.26. The number of halogens is 1. The van der Waals surface area contributed by atoms with Crippen molar-refractivity contribution >= 4 is 23.3 Å². The summed E-state index contributed by atoms with van der Waals surface area (Å²) in [4.78, 5) is 16.2. The van der Waals surface area contributed by atoms with Crippen LogP contribution in [0, 0.1) is 18.8 Å². The number of amides is 1. The first-order valence-electron chi connectivity index (χ1n) is 14.0. The third kappa shape index (κ3) is 10.5. The number of anilines is 1. The van der Waals surface area contributed by atoms with E-state index in [1.165, 1.54) is 16.7 Å². The largest absolute Gasteiger partial charge is 0.363 e. The van der Waals surface area contributed by atoms with Gasteiger partial charge in [0.05, 0.1) is 12.1 Å². The molecule has 0 bridgehead atoms. The topological polar surface area (TPSA) is 54.0 Å².